The molecule has 1 fully saturated rings. The maximum atomic E-state index is 10.1. The second-order valence-corrected chi connectivity index (χ2v) is 5.39. The van der Waals surface area contributed by atoms with E-state index in [1.807, 2.05) is 12.1 Å². The molecule has 3 N–H and O–H groups in total. The monoisotopic (exact) mass is 257 g/mol. The molecular weight excluding hydrogens is 238 g/mol. The Bertz CT molecular complexity index is 583. The third kappa shape index (κ3) is 2.51. The highest BCUT2D eigenvalue weighted by Gasteiger charge is 2.17. The maximum Gasteiger partial charge on any atom is 0.119 e. The number of aromatic hydroxyl groups is 2. The van der Waals surface area contributed by atoms with E-state index in [1.54, 1.807) is 18.2 Å². The number of phenols is 2. The summed E-state index contributed by atoms with van der Waals surface area (Å²) in [6.45, 7) is 2.10. The molecule has 3 rings (SSSR count). The quantitative estimate of drug-likeness (QED) is 0.775. The van der Waals surface area contributed by atoms with Crippen LogP contribution in [-0.2, 0) is 6.42 Å². The van der Waals surface area contributed by atoms with Gasteiger partial charge in [-0.1, -0.05) is 12.1 Å². The highest BCUT2D eigenvalue weighted by atomic mass is 16.3. The van der Waals surface area contributed by atoms with Crippen LogP contribution in [0.15, 0.2) is 30.3 Å². The molecule has 1 heterocycles. The van der Waals surface area contributed by atoms with Gasteiger partial charge in [0.1, 0.15) is 11.5 Å². The Kier molecular flexibility index (Phi) is 3.30. The van der Waals surface area contributed by atoms with Gasteiger partial charge in [-0.2, -0.15) is 0 Å². The zero-order valence-electron chi connectivity index (χ0n) is 10.9. The van der Waals surface area contributed by atoms with E-state index < -0.39 is 0 Å². The third-order valence-electron chi connectivity index (χ3n) is 3.98. The number of benzene rings is 2. The second kappa shape index (κ2) is 5.10. The van der Waals surface area contributed by atoms with Gasteiger partial charge in [-0.25, -0.2) is 0 Å². The Balaban J connectivity index is 2.00. The fraction of sp³-hybridized carbons (Fsp3) is 0.375. The van der Waals surface area contributed by atoms with Gasteiger partial charge in [0.05, 0.1) is 0 Å². The molecule has 0 radical (unpaired) electrons. The summed E-state index contributed by atoms with van der Waals surface area (Å²) in [6, 6.07) is 8.98. The van der Waals surface area contributed by atoms with Crippen LogP contribution in [0.3, 0.4) is 0 Å². The zero-order valence-corrected chi connectivity index (χ0v) is 10.9. The van der Waals surface area contributed by atoms with Gasteiger partial charge in [0, 0.05) is 5.56 Å². The lowest BCUT2D eigenvalue weighted by molar-refractivity contribution is 0.371. The van der Waals surface area contributed by atoms with E-state index in [1.165, 1.54) is 12.8 Å². The van der Waals surface area contributed by atoms with Crippen LogP contribution >= 0.6 is 0 Å². The molecule has 0 bridgehead atoms. The van der Waals surface area contributed by atoms with E-state index in [9.17, 15) is 10.2 Å². The van der Waals surface area contributed by atoms with E-state index in [0.29, 0.717) is 11.7 Å². The molecule has 0 saturated carbocycles. The minimum absolute atomic E-state index is 0.251. The van der Waals surface area contributed by atoms with E-state index in [-0.39, 0.29) is 5.75 Å². The maximum absolute atomic E-state index is 10.1. The minimum atomic E-state index is 0.251. The summed E-state index contributed by atoms with van der Waals surface area (Å²) in [5.74, 6) is 1.15. The molecule has 2 aromatic rings. The molecule has 0 amide bonds. The smallest absolute Gasteiger partial charge is 0.119 e. The van der Waals surface area contributed by atoms with Gasteiger partial charge in [0.15, 0.2) is 0 Å². The van der Waals surface area contributed by atoms with Gasteiger partial charge in [0.2, 0.25) is 0 Å². The first-order chi connectivity index (χ1) is 9.24. The van der Waals surface area contributed by atoms with Crippen LogP contribution in [0, 0.1) is 5.92 Å². The SMILES string of the molecule is Oc1ccc2ccc(O)c(CC3CCCNC3)c2c1. The number of rotatable bonds is 2. The summed E-state index contributed by atoms with van der Waals surface area (Å²) in [6.07, 6.45) is 3.25. The standard InChI is InChI=1S/C16H19NO2/c18-13-5-3-12-4-6-16(19)15(14(12)9-13)8-11-2-1-7-17-10-11/h3-6,9,11,17-19H,1-2,7-8,10H2. The van der Waals surface area contributed by atoms with Crippen molar-refractivity contribution in [3.63, 3.8) is 0 Å². The predicted octanol–water partition coefficient (Wildman–Crippen LogP) is 2.79. The first-order valence-corrected chi connectivity index (χ1v) is 6.88. The van der Waals surface area contributed by atoms with Crippen LogP contribution in [0.2, 0.25) is 0 Å². The first-order valence-electron chi connectivity index (χ1n) is 6.88. The van der Waals surface area contributed by atoms with Crippen molar-refractivity contribution in [2.75, 3.05) is 13.1 Å². The molecule has 3 heteroatoms. The predicted molar refractivity (Wildman–Crippen MR) is 76.6 cm³/mol. The fourth-order valence-electron chi connectivity index (χ4n) is 2.96. The molecule has 19 heavy (non-hydrogen) atoms. The molecule has 1 aliphatic heterocycles. The Morgan fingerprint density at radius 2 is 2.00 bits per heavy atom. The van der Waals surface area contributed by atoms with Crippen LogP contribution in [0.1, 0.15) is 18.4 Å². The van der Waals surface area contributed by atoms with Crippen molar-refractivity contribution in [3.8, 4) is 11.5 Å². The van der Waals surface area contributed by atoms with Gasteiger partial charge in [-0.3, -0.25) is 0 Å². The van der Waals surface area contributed by atoms with Crippen LogP contribution in [0.25, 0.3) is 10.8 Å². The summed E-state index contributed by atoms with van der Waals surface area (Å²) in [4.78, 5) is 0. The van der Waals surface area contributed by atoms with Crippen molar-refractivity contribution in [2.45, 2.75) is 19.3 Å². The Morgan fingerprint density at radius 3 is 2.79 bits per heavy atom. The molecular formula is C16H19NO2. The normalized spacial score (nSPS) is 19.7. The summed E-state index contributed by atoms with van der Waals surface area (Å²) in [7, 11) is 0. The van der Waals surface area contributed by atoms with Gasteiger partial charge < -0.3 is 15.5 Å². The van der Waals surface area contributed by atoms with Gasteiger partial charge in [0.25, 0.3) is 0 Å². The van der Waals surface area contributed by atoms with Crippen molar-refractivity contribution in [2.24, 2.45) is 5.92 Å². The molecule has 1 saturated heterocycles. The van der Waals surface area contributed by atoms with Gasteiger partial charge in [-0.05, 0) is 67.2 Å². The fourth-order valence-corrected chi connectivity index (χ4v) is 2.96. The third-order valence-corrected chi connectivity index (χ3v) is 3.98. The number of hydrogen-bond acceptors (Lipinski definition) is 3. The average Bonchev–Trinajstić information content (AvgIpc) is 2.43. The lowest BCUT2D eigenvalue weighted by Crippen LogP contribution is -2.30. The van der Waals surface area contributed by atoms with Crippen LogP contribution in [0.4, 0.5) is 0 Å². The van der Waals surface area contributed by atoms with Crippen LogP contribution in [0.5, 0.6) is 11.5 Å². The van der Waals surface area contributed by atoms with Gasteiger partial charge >= 0.3 is 0 Å². The number of piperidine rings is 1. The Hall–Kier alpha value is -1.74. The summed E-state index contributed by atoms with van der Waals surface area (Å²) >= 11 is 0. The number of phenolic OH excluding ortho intramolecular Hbond substituents is 2. The number of fused-ring (bicyclic) bond motifs is 1. The average molecular weight is 257 g/mol. The largest absolute Gasteiger partial charge is 0.508 e. The molecule has 3 nitrogen and oxygen atoms in total. The number of hydrogen-bond donors (Lipinski definition) is 3. The number of nitrogens with one attached hydrogen (secondary N) is 1. The topological polar surface area (TPSA) is 52.5 Å². The summed E-state index contributed by atoms with van der Waals surface area (Å²) in [5, 5.41) is 25.2. The zero-order chi connectivity index (χ0) is 13.2. The van der Waals surface area contributed by atoms with Crippen molar-refractivity contribution < 1.29 is 10.2 Å². The van der Waals surface area contributed by atoms with Crippen molar-refractivity contribution >= 4 is 10.8 Å². The minimum Gasteiger partial charge on any atom is -0.508 e. The summed E-state index contributed by atoms with van der Waals surface area (Å²) in [5.41, 5.74) is 0.960. The molecule has 2 aromatic carbocycles. The molecule has 0 aromatic heterocycles. The molecule has 0 spiro atoms. The highest BCUT2D eigenvalue weighted by molar-refractivity contribution is 5.88. The van der Waals surface area contributed by atoms with Crippen LogP contribution in [-0.4, -0.2) is 23.3 Å². The molecule has 1 atom stereocenters. The van der Waals surface area contributed by atoms with E-state index in [0.717, 1.165) is 35.8 Å². The molecule has 1 unspecified atom stereocenters. The second-order valence-electron chi connectivity index (χ2n) is 5.39. The molecule has 100 valence electrons. The lowest BCUT2D eigenvalue weighted by atomic mass is 9.89. The Labute approximate surface area is 112 Å². The first kappa shape index (κ1) is 12.3. The van der Waals surface area contributed by atoms with E-state index >= 15 is 0 Å². The molecule has 1 aliphatic rings. The lowest BCUT2D eigenvalue weighted by Gasteiger charge is -2.23. The Morgan fingerprint density at radius 1 is 1.16 bits per heavy atom. The summed E-state index contributed by atoms with van der Waals surface area (Å²) < 4.78 is 0. The highest BCUT2D eigenvalue weighted by Crippen LogP contribution is 2.32. The van der Waals surface area contributed by atoms with Crippen molar-refractivity contribution in [3.05, 3.63) is 35.9 Å². The van der Waals surface area contributed by atoms with Crippen molar-refractivity contribution in [1.29, 1.82) is 0 Å². The van der Waals surface area contributed by atoms with Crippen molar-refractivity contribution in [1.82, 2.24) is 5.32 Å². The van der Waals surface area contributed by atoms with Crippen LogP contribution < -0.4 is 5.32 Å². The van der Waals surface area contributed by atoms with Gasteiger partial charge in [-0.15, -0.1) is 0 Å². The van der Waals surface area contributed by atoms with E-state index in [2.05, 4.69) is 5.32 Å². The van der Waals surface area contributed by atoms with E-state index in [4.69, 9.17) is 0 Å². The molecule has 0 aliphatic carbocycles.